The van der Waals surface area contributed by atoms with E-state index in [9.17, 15) is 18.8 Å². The molecule has 0 bridgehead atoms. The van der Waals surface area contributed by atoms with Crippen molar-refractivity contribution >= 4 is 35.0 Å². The van der Waals surface area contributed by atoms with Crippen molar-refractivity contribution in [1.29, 1.82) is 0 Å². The summed E-state index contributed by atoms with van der Waals surface area (Å²) in [6.07, 6.45) is 3.65. The Morgan fingerprint density at radius 2 is 1.93 bits per heavy atom. The van der Waals surface area contributed by atoms with Crippen LogP contribution in [0.25, 0.3) is 0 Å². The second kappa shape index (κ2) is 8.83. The molecule has 3 amide bonds. The molecule has 8 nitrogen and oxygen atoms in total. The lowest BCUT2D eigenvalue weighted by atomic mass is 9.84. The standard InChI is InChI=1S/C20H23ClFN5O3/c1-10-7-15(13(21)8-14(10)22)26-19(29)11-3-5-12(6-4-11)27(2)20(30)17-16(18(23)28)24-9-25-17/h7-9,11-12H,3-6H2,1-2H3,(H2,23,28)(H,24,25)(H,26,29)/t11-,12-. The number of primary amides is 1. The molecule has 0 atom stereocenters. The summed E-state index contributed by atoms with van der Waals surface area (Å²) in [4.78, 5) is 44.8. The Bertz CT molecular complexity index is 985. The van der Waals surface area contributed by atoms with Gasteiger partial charge in [0.25, 0.3) is 11.8 Å². The van der Waals surface area contributed by atoms with Crippen LogP contribution >= 0.6 is 11.6 Å². The Morgan fingerprint density at radius 3 is 2.57 bits per heavy atom. The van der Waals surface area contributed by atoms with Gasteiger partial charge in [0.1, 0.15) is 11.5 Å². The fraction of sp³-hybridized carbons (Fsp3) is 0.400. The smallest absolute Gasteiger partial charge is 0.274 e. The zero-order valence-electron chi connectivity index (χ0n) is 16.7. The lowest BCUT2D eigenvalue weighted by Gasteiger charge is -2.34. The molecule has 1 fully saturated rings. The molecule has 0 saturated heterocycles. The number of anilines is 1. The highest BCUT2D eigenvalue weighted by atomic mass is 35.5. The topological polar surface area (TPSA) is 121 Å². The number of aromatic amines is 1. The summed E-state index contributed by atoms with van der Waals surface area (Å²) in [6.45, 7) is 1.60. The number of halogens is 2. The first-order valence-corrected chi connectivity index (χ1v) is 9.93. The minimum atomic E-state index is -0.751. The van der Waals surface area contributed by atoms with Crippen LogP contribution in [0.4, 0.5) is 10.1 Å². The molecule has 0 radical (unpaired) electrons. The predicted octanol–water partition coefficient (Wildman–Crippen LogP) is 2.88. The largest absolute Gasteiger partial charge is 0.364 e. The number of aromatic nitrogens is 2. The number of carbonyl (C=O) groups excluding carboxylic acids is 3. The van der Waals surface area contributed by atoms with E-state index in [1.54, 1.807) is 14.0 Å². The number of nitrogens with two attached hydrogens (primary N) is 1. The van der Waals surface area contributed by atoms with Crippen molar-refractivity contribution in [3.05, 3.63) is 46.3 Å². The Hall–Kier alpha value is -2.94. The predicted molar refractivity (Wildman–Crippen MR) is 110 cm³/mol. The van der Waals surface area contributed by atoms with E-state index in [0.29, 0.717) is 36.9 Å². The van der Waals surface area contributed by atoms with Gasteiger partial charge in [-0.05, 0) is 50.3 Å². The molecule has 2 aromatic rings. The molecule has 160 valence electrons. The van der Waals surface area contributed by atoms with Crippen molar-refractivity contribution in [2.45, 2.75) is 38.6 Å². The number of nitrogens with one attached hydrogen (secondary N) is 2. The number of amides is 3. The lowest BCUT2D eigenvalue weighted by Crippen LogP contribution is -2.41. The Labute approximate surface area is 178 Å². The molecule has 10 heteroatoms. The SMILES string of the molecule is Cc1cc(NC(=O)[C@H]2CC[C@H](N(C)C(=O)c3nc[nH]c3C(N)=O)CC2)c(Cl)cc1F. The van der Waals surface area contributed by atoms with Gasteiger partial charge in [0, 0.05) is 19.0 Å². The fourth-order valence-electron chi connectivity index (χ4n) is 3.69. The molecule has 0 spiro atoms. The maximum absolute atomic E-state index is 13.5. The molecule has 1 aromatic heterocycles. The maximum Gasteiger partial charge on any atom is 0.274 e. The molecule has 1 aromatic carbocycles. The van der Waals surface area contributed by atoms with Gasteiger partial charge in [-0.2, -0.15) is 0 Å². The van der Waals surface area contributed by atoms with Crippen molar-refractivity contribution < 1.29 is 18.8 Å². The Balaban J connectivity index is 1.59. The first-order chi connectivity index (χ1) is 14.2. The number of benzene rings is 1. The van der Waals surface area contributed by atoms with Crippen LogP contribution in [0.15, 0.2) is 18.5 Å². The van der Waals surface area contributed by atoms with E-state index in [1.807, 2.05) is 0 Å². The summed E-state index contributed by atoms with van der Waals surface area (Å²) < 4.78 is 13.5. The fourth-order valence-corrected chi connectivity index (χ4v) is 3.89. The number of hydrogen-bond acceptors (Lipinski definition) is 4. The third-order valence-corrected chi connectivity index (χ3v) is 5.84. The zero-order chi connectivity index (χ0) is 22.0. The molecule has 30 heavy (non-hydrogen) atoms. The quantitative estimate of drug-likeness (QED) is 0.668. The minimum absolute atomic E-state index is 0.00816. The number of H-pyrrole nitrogens is 1. The van der Waals surface area contributed by atoms with Crippen molar-refractivity contribution in [3.8, 4) is 0 Å². The molecular weight excluding hydrogens is 413 g/mol. The lowest BCUT2D eigenvalue weighted by molar-refractivity contribution is -0.121. The molecule has 3 rings (SSSR count). The van der Waals surface area contributed by atoms with E-state index < -0.39 is 17.6 Å². The zero-order valence-corrected chi connectivity index (χ0v) is 17.4. The van der Waals surface area contributed by atoms with Crippen LogP contribution in [-0.2, 0) is 4.79 Å². The van der Waals surface area contributed by atoms with Gasteiger partial charge in [-0.1, -0.05) is 11.6 Å². The van der Waals surface area contributed by atoms with Crippen molar-refractivity contribution in [2.75, 3.05) is 12.4 Å². The van der Waals surface area contributed by atoms with Gasteiger partial charge in [-0.3, -0.25) is 14.4 Å². The average molecular weight is 436 g/mol. The van der Waals surface area contributed by atoms with Crippen LogP contribution in [0.5, 0.6) is 0 Å². The third-order valence-electron chi connectivity index (χ3n) is 5.53. The maximum atomic E-state index is 13.5. The molecule has 1 heterocycles. The Morgan fingerprint density at radius 1 is 1.27 bits per heavy atom. The second-order valence-corrected chi connectivity index (χ2v) is 7.89. The molecule has 1 aliphatic carbocycles. The molecule has 0 unspecified atom stereocenters. The highest BCUT2D eigenvalue weighted by molar-refractivity contribution is 6.33. The molecule has 4 N–H and O–H groups in total. The number of rotatable bonds is 5. The highest BCUT2D eigenvalue weighted by Crippen LogP contribution is 2.31. The number of aryl methyl sites for hydroxylation is 1. The number of hydrogen-bond donors (Lipinski definition) is 3. The summed E-state index contributed by atoms with van der Waals surface area (Å²) in [7, 11) is 1.65. The van der Waals surface area contributed by atoms with E-state index in [0.717, 1.165) is 0 Å². The van der Waals surface area contributed by atoms with Crippen LogP contribution in [-0.4, -0.2) is 45.7 Å². The number of carbonyl (C=O) groups is 3. The summed E-state index contributed by atoms with van der Waals surface area (Å²) >= 11 is 6.03. The minimum Gasteiger partial charge on any atom is -0.364 e. The van der Waals surface area contributed by atoms with Gasteiger partial charge >= 0.3 is 0 Å². The van der Waals surface area contributed by atoms with E-state index in [4.69, 9.17) is 17.3 Å². The normalized spacial score (nSPS) is 18.7. The summed E-state index contributed by atoms with van der Waals surface area (Å²) in [6, 6.07) is 2.60. The number of imidazole rings is 1. The number of nitrogens with zero attached hydrogens (tertiary/aromatic N) is 2. The van der Waals surface area contributed by atoms with Crippen LogP contribution in [0.3, 0.4) is 0 Å². The molecular formula is C20H23ClFN5O3. The van der Waals surface area contributed by atoms with Gasteiger partial charge in [-0.25, -0.2) is 9.37 Å². The summed E-state index contributed by atoms with van der Waals surface area (Å²) in [5.41, 5.74) is 6.01. The van der Waals surface area contributed by atoms with Crippen LogP contribution in [0.1, 0.15) is 52.2 Å². The van der Waals surface area contributed by atoms with Crippen molar-refractivity contribution in [1.82, 2.24) is 14.9 Å². The van der Waals surface area contributed by atoms with E-state index in [1.165, 1.54) is 23.4 Å². The van der Waals surface area contributed by atoms with Crippen molar-refractivity contribution in [3.63, 3.8) is 0 Å². The monoisotopic (exact) mass is 435 g/mol. The van der Waals surface area contributed by atoms with Crippen LogP contribution in [0.2, 0.25) is 5.02 Å². The first kappa shape index (κ1) is 21.8. The van der Waals surface area contributed by atoms with Gasteiger partial charge in [0.05, 0.1) is 17.0 Å². The molecule has 0 aliphatic heterocycles. The van der Waals surface area contributed by atoms with Gasteiger partial charge in [0.2, 0.25) is 5.91 Å². The van der Waals surface area contributed by atoms with Crippen molar-refractivity contribution in [2.24, 2.45) is 11.7 Å². The summed E-state index contributed by atoms with van der Waals surface area (Å²) in [5.74, 6) is -2.00. The van der Waals surface area contributed by atoms with E-state index in [-0.39, 0.29) is 34.3 Å². The summed E-state index contributed by atoms with van der Waals surface area (Å²) in [5, 5.41) is 2.92. The average Bonchev–Trinajstić information content (AvgIpc) is 3.21. The van der Waals surface area contributed by atoms with Crippen LogP contribution in [0, 0.1) is 18.7 Å². The highest BCUT2D eigenvalue weighted by Gasteiger charge is 2.32. The van der Waals surface area contributed by atoms with Gasteiger partial charge in [-0.15, -0.1) is 0 Å². The Kier molecular flexibility index (Phi) is 6.40. The first-order valence-electron chi connectivity index (χ1n) is 9.55. The third kappa shape index (κ3) is 4.46. The van der Waals surface area contributed by atoms with E-state index in [2.05, 4.69) is 15.3 Å². The molecule has 1 saturated carbocycles. The second-order valence-electron chi connectivity index (χ2n) is 7.48. The van der Waals surface area contributed by atoms with E-state index >= 15 is 0 Å². The van der Waals surface area contributed by atoms with Crippen LogP contribution < -0.4 is 11.1 Å². The molecule has 1 aliphatic rings. The van der Waals surface area contributed by atoms with Gasteiger partial charge < -0.3 is 20.9 Å². The van der Waals surface area contributed by atoms with Gasteiger partial charge in [0.15, 0.2) is 5.69 Å².